The highest BCUT2D eigenvalue weighted by atomic mass is 79.9. The second-order valence-electron chi connectivity index (χ2n) is 5.06. The molecule has 0 unspecified atom stereocenters. The van der Waals surface area contributed by atoms with Crippen LogP contribution in [0.3, 0.4) is 0 Å². The first-order valence-corrected chi connectivity index (χ1v) is 8.68. The van der Waals surface area contributed by atoms with Crippen LogP contribution >= 0.6 is 27.3 Å². The topological polar surface area (TPSA) is 42.4 Å². The van der Waals surface area contributed by atoms with E-state index in [9.17, 15) is 4.79 Å². The lowest BCUT2D eigenvalue weighted by Gasteiger charge is -2.28. The molecule has 0 atom stereocenters. The number of fused-ring (bicyclic) bond motifs is 1. The molecule has 0 aliphatic carbocycles. The molecule has 0 radical (unpaired) electrons. The van der Waals surface area contributed by atoms with E-state index in [2.05, 4.69) is 32.7 Å². The van der Waals surface area contributed by atoms with Crippen molar-refractivity contribution in [2.75, 3.05) is 31.2 Å². The molecule has 1 saturated heterocycles. The maximum Gasteiger partial charge on any atom is 0.170 e. The summed E-state index contributed by atoms with van der Waals surface area (Å²) in [4.78, 5) is 19.7. The second-order valence-corrected chi connectivity index (χ2v) is 6.90. The summed E-state index contributed by atoms with van der Waals surface area (Å²) in [6.07, 6.45) is 0.855. The molecule has 0 spiro atoms. The molecule has 2 aromatic heterocycles. The number of carbonyl (C=O) groups excluding carboxylic acids is 1. The number of pyridine rings is 1. The maximum atomic E-state index is 11.9. The Morgan fingerprint density at radius 2 is 2.19 bits per heavy atom. The number of nitrogens with zero attached hydrogens (tertiary/aromatic N) is 2. The van der Waals surface area contributed by atoms with Crippen LogP contribution in [0.2, 0.25) is 0 Å². The lowest BCUT2D eigenvalue weighted by Crippen LogP contribution is -2.36. The van der Waals surface area contributed by atoms with Gasteiger partial charge in [-0.15, -0.1) is 11.3 Å². The van der Waals surface area contributed by atoms with Crippen molar-refractivity contribution in [3.05, 3.63) is 21.1 Å². The summed E-state index contributed by atoms with van der Waals surface area (Å²) < 4.78 is 7.35. The van der Waals surface area contributed by atoms with Gasteiger partial charge < -0.3 is 9.64 Å². The number of ketones is 1. The van der Waals surface area contributed by atoms with Crippen LogP contribution in [-0.4, -0.2) is 37.1 Å². The summed E-state index contributed by atoms with van der Waals surface area (Å²) in [5, 5.41) is 1.15. The fraction of sp³-hybridized carbons (Fsp3) is 0.467. The van der Waals surface area contributed by atoms with Crippen LogP contribution in [-0.2, 0) is 11.2 Å². The molecule has 4 nitrogen and oxygen atoms in total. The smallest absolute Gasteiger partial charge is 0.170 e. The number of halogens is 1. The van der Waals surface area contributed by atoms with Crippen LogP contribution in [0, 0.1) is 0 Å². The van der Waals surface area contributed by atoms with E-state index in [-0.39, 0.29) is 5.78 Å². The minimum absolute atomic E-state index is 0.136. The SMILES string of the molecule is CCc1c(C(C)=O)sc2c(N3CCOCC3)nc(Br)cc12. The molecule has 1 fully saturated rings. The normalized spacial score (nSPS) is 15.7. The zero-order valence-corrected chi connectivity index (χ0v) is 14.5. The van der Waals surface area contributed by atoms with E-state index < -0.39 is 0 Å². The highest BCUT2D eigenvalue weighted by Gasteiger charge is 2.22. The Hall–Kier alpha value is -0.980. The summed E-state index contributed by atoms with van der Waals surface area (Å²) in [6, 6.07) is 2.03. The third-order valence-corrected chi connectivity index (χ3v) is 5.46. The van der Waals surface area contributed by atoms with Crippen molar-refractivity contribution < 1.29 is 9.53 Å². The van der Waals surface area contributed by atoms with E-state index >= 15 is 0 Å². The summed E-state index contributed by atoms with van der Waals surface area (Å²) in [7, 11) is 0. The van der Waals surface area contributed by atoms with Crippen LogP contribution < -0.4 is 4.90 Å². The fourth-order valence-corrected chi connectivity index (χ4v) is 4.41. The number of thiophene rings is 1. The van der Waals surface area contributed by atoms with Crippen molar-refractivity contribution >= 4 is 49.0 Å². The number of ether oxygens (including phenoxy) is 1. The van der Waals surface area contributed by atoms with Crippen LogP contribution in [0.1, 0.15) is 29.1 Å². The molecule has 0 amide bonds. The molecular weight excluding hydrogens is 352 g/mol. The number of hydrogen-bond acceptors (Lipinski definition) is 5. The standard InChI is InChI=1S/C15H17BrN2O2S/c1-3-10-11-8-12(16)17-15(18-4-6-20-7-5-18)14(11)21-13(10)9(2)19/h8H,3-7H2,1-2H3. The molecule has 0 aromatic carbocycles. The molecule has 112 valence electrons. The van der Waals surface area contributed by atoms with Gasteiger partial charge in [-0.1, -0.05) is 6.92 Å². The summed E-state index contributed by atoms with van der Waals surface area (Å²) >= 11 is 5.08. The molecular formula is C15H17BrN2O2S. The molecule has 0 bridgehead atoms. The minimum atomic E-state index is 0.136. The van der Waals surface area contributed by atoms with Crippen molar-refractivity contribution in [1.29, 1.82) is 0 Å². The summed E-state index contributed by atoms with van der Waals surface area (Å²) in [5.41, 5.74) is 1.14. The number of Topliss-reactive ketones (excluding diaryl/α,β-unsaturated/α-hetero) is 1. The van der Waals surface area contributed by atoms with Crippen LogP contribution in [0.15, 0.2) is 10.7 Å². The molecule has 0 N–H and O–H groups in total. The molecule has 2 aromatic rings. The molecule has 1 aliphatic heterocycles. The summed E-state index contributed by atoms with van der Waals surface area (Å²) in [6.45, 7) is 6.86. The number of morpholine rings is 1. The molecule has 3 rings (SSSR count). The Kier molecular flexibility index (Phi) is 4.28. The third-order valence-electron chi connectivity index (χ3n) is 3.71. The van der Waals surface area contributed by atoms with Gasteiger partial charge in [-0.05, 0) is 40.9 Å². The first kappa shape index (κ1) is 14.9. The van der Waals surface area contributed by atoms with Crippen LogP contribution in [0.4, 0.5) is 5.82 Å². The highest BCUT2D eigenvalue weighted by Crippen LogP contribution is 2.39. The van der Waals surface area contributed by atoms with Gasteiger partial charge in [0.1, 0.15) is 10.4 Å². The number of hydrogen-bond donors (Lipinski definition) is 0. The van der Waals surface area contributed by atoms with Gasteiger partial charge in [-0.3, -0.25) is 4.79 Å². The van der Waals surface area contributed by atoms with E-state index in [4.69, 9.17) is 4.74 Å². The fourth-order valence-electron chi connectivity index (χ4n) is 2.72. The van der Waals surface area contributed by atoms with Gasteiger partial charge >= 0.3 is 0 Å². The Morgan fingerprint density at radius 3 is 2.81 bits per heavy atom. The average Bonchev–Trinajstić information content (AvgIpc) is 2.85. The number of anilines is 1. The van der Waals surface area contributed by atoms with E-state index in [0.717, 1.165) is 63.7 Å². The Morgan fingerprint density at radius 1 is 1.48 bits per heavy atom. The van der Waals surface area contributed by atoms with E-state index in [1.165, 1.54) is 0 Å². The van der Waals surface area contributed by atoms with E-state index in [0.29, 0.717) is 0 Å². The molecule has 1 aliphatic rings. The Bertz CT molecular complexity index is 693. The van der Waals surface area contributed by atoms with E-state index in [1.807, 2.05) is 6.07 Å². The Balaban J connectivity index is 2.22. The van der Waals surface area contributed by atoms with Crippen LogP contribution in [0.25, 0.3) is 10.1 Å². The number of aromatic nitrogens is 1. The monoisotopic (exact) mass is 368 g/mol. The summed E-state index contributed by atoms with van der Waals surface area (Å²) in [5.74, 6) is 1.10. The van der Waals surface area contributed by atoms with Gasteiger partial charge in [0.2, 0.25) is 0 Å². The minimum Gasteiger partial charge on any atom is -0.378 e. The van der Waals surface area contributed by atoms with Crippen LogP contribution in [0.5, 0.6) is 0 Å². The number of rotatable bonds is 3. The molecule has 3 heterocycles. The molecule has 0 saturated carbocycles. The second kappa shape index (κ2) is 6.02. The number of aryl methyl sites for hydroxylation is 1. The van der Waals surface area contributed by atoms with Crippen molar-refractivity contribution in [2.45, 2.75) is 20.3 Å². The van der Waals surface area contributed by atoms with Gasteiger partial charge in [0.15, 0.2) is 5.78 Å². The lowest BCUT2D eigenvalue weighted by molar-refractivity contribution is 0.102. The quantitative estimate of drug-likeness (QED) is 0.612. The lowest BCUT2D eigenvalue weighted by atomic mass is 10.1. The molecule has 21 heavy (non-hydrogen) atoms. The van der Waals surface area contributed by atoms with Gasteiger partial charge in [0.25, 0.3) is 0 Å². The highest BCUT2D eigenvalue weighted by molar-refractivity contribution is 9.10. The van der Waals surface area contributed by atoms with Crippen molar-refractivity contribution in [3.63, 3.8) is 0 Å². The molecule has 6 heteroatoms. The third kappa shape index (κ3) is 2.72. The number of carbonyl (C=O) groups is 1. The Labute approximate surface area is 136 Å². The van der Waals surface area contributed by atoms with E-state index in [1.54, 1.807) is 18.3 Å². The maximum absolute atomic E-state index is 11.9. The largest absolute Gasteiger partial charge is 0.378 e. The van der Waals surface area contributed by atoms with Gasteiger partial charge in [-0.25, -0.2) is 4.98 Å². The van der Waals surface area contributed by atoms with Gasteiger partial charge in [0, 0.05) is 18.5 Å². The predicted molar refractivity (Wildman–Crippen MR) is 89.7 cm³/mol. The van der Waals surface area contributed by atoms with Crippen molar-refractivity contribution in [3.8, 4) is 0 Å². The van der Waals surface area contributed by atoms with Gasteiger partial charge in [0.05, 0.1) is 22.8 Å². The van der Waals surface area contributed by atoms with Gasteiger partial charge in [-0.2, -0.15) is 0 Å². The van der Waals surface area contributed by atoms with Crippen molar-refractivity contribution in [2.24, 2.45) is 0 Å². The first-order valence-electron chi connectivity index (χ1n) is 7.07. The first-order chi connectivity index (χ1) is 10.1. The zero-order chi connectivity index (χ0) is 15.0. The van der Waals surface area contributed by atoms with Crippen molar-refractivity contribution in [1.82, 2.24) is 4.98 Å². The zero-order valence-electron chi connectivity index (χ0n) is 12.1. The average molecular weight is 369 g/mol. The predicted octanol–water partition coefficient (Wildman–Crippen LogP) is 3.66.